The summed E-state index contributed by atoms with van der Waals surface area (Å²) < 4.78 is 31.7. The first kappa shape index (κ1) is 18.7. The zero-order chi connectivity index (χ0) is 18.6. The Morgan fingerprint density at radius 1 is 1.20 bits per heavy atom. The molecule has 0 radical (unpaired) electrons. The molecule has 25 heavy (non-hydrogen) atoms. The van der Waals surface area contributed by atoms with E-state index in [0.717, 1.165) is 17.0 Å². The monoisotopic (exact) mass is 368 g/mol. The molecule has 0 heterocycles. The molecule has 0 aliphatic heterocycles. The Morgan fingerprint density at radius 2 is 1.92 bits per heavy atom. The van der Waals surface area contributed by atoms with Crippen molar-refractivity contribution in [2.24, 2.45) is 0 Å². The summed E-state index contributed by atoms with van der Waals surface area (Å²) in [5, 5.41) is 2.96. The van der Waals surface area contributed by atoms with Crippen molar-refractivity contribution in [3.05, 3.63) is 58.6 Å². The zero-order valence-corrected chi connectivity index (χ0v) is 14.2. The minimum absolute atomic E-state index is 0.322. The molecule has 1 N–H and O–H groups in total. The highest BCUT2D eigenvalue weighted by Crippen LogP contribution is 2.27. The molecule has 0 spiro atoms. The van der Waals surface area contributed by atoms with Gasteiger partial charge in [0.1, 0.15) is 17.4 Å². The maximum absolute atomic E-state index is 13.7. The Morgan fingerprint density at radius 3 is 2.56 bits per heavy atom. The minimum atomic E-state index is -0.992. The number of anilines is 1. The van der Waals surface area contributed by atoms with Crippen molar-refractivity contribution in [3.63, 3.8) is 0 Å². The van der Waals surface area contributed by atoms with Crippen LogP contribution in [0, 0.1) is 11.6 Å². The molecule has 2 amide bonds. The highest BCUT2D eigenvalue weighted by atomic mass is 35.5. The fraction of sp³-hybridized carbons (Fsp3) is 0.176. The molecule has 0 saturated heterocycles. The van der Waals surface area contributed by atoms with Gasteiger partial charge < -0.3 is 15.0 Å². The molecule has 0 unspecified atom stereocenters. The van der Waals surface area contributed by atoms with E-state index in [0.29, 0.717) is 22.5 Å². The predicted octanol–water partition coefficient (Wildman–Crippen LogP) is 3.34. The van der Waals surface area contributed by atoms with E-state index in [9.17, 15) is 18.4 Å². The first-order valence-electron chi connectivity index (χ1n) is 7.15. The summed E-state index contributed by atoms with van der Waals surface area (Å²) in [5.74, 6) is -2.66. The largest absolute Gasteiger partial charge is 0.495 e. The number of nitrogens with one attached hydrogen (secondary N) is 1. The summed E-state index contributed by atoms with van der Waals surface area (Å²) in [5.41, 5.74) is 0.0193. The van der Waals surface area contributed by atoms with Crippen LogP contribution in [0.25, 0.3) is 0 Å². The number of carbonyl (C=O) groups is 2. The summed E-state index contributed by atoms with van der Waals surface area (Å²) >= 11 is 5.88. The molecule has 0 atom stereocenters. The number of likely N-dealkylation sites (N-methyl/N-ethyl adjacent to an activating group) is 1. The van der Waals surface area contributed by atoms with Crippen LogP contribution in [0.4, 0.5) is 14.5 Å². The van der Waals surface area contributed by atoms with Crippen molar-refractivity contribution in [1.29, 1.82) is 0 Å². The second-order valence-electron chi connectivity index (χ2n) is 5.18. The first-order chi connectivity index (χ1) is 11.8. The average Bonchev–Trinajstić information content (AvgIpc) is 2.54. The molecular formula is C17H15ClF2N2O3. The second kappa shape index (κ2) is 7.94. The minimum Gasteiger partial charge on any atom is -0.495 e. The van der Waals surface area contributed by atoms with Crippen LogP contribution in [-0.2, 0) is 4.79 Å². The van der Waals surface area contributed by atoms with Gasteiger partial charge in [0.15, 0.2) is 0 Å². The maximum atomic E-state index is 13.7. The number of amides is 2. The van der Waals surface area contributed by atoms with Crippen LogP contribution >= 0.6 is 11.6 Å². The Bertz CT molecular complexity index is 814. The second-order valence-corrected chi connectivity index (χ2v) is 5.61. The molecule has 132 valence electrons. The summed E-state index contributed by atoms with van der Waals surface area (Å²) in [7, 11) is 2.77. The number of carbonyl (C=O) groups excluding carboxylic acids is 2. The third-order valence-electron chi connectivity index (χ3n) is 3.32. The number of benzene rings is 2. The van der Waals surface area contributed by atoms with Crippen LogP contribution in [0.5, 0.6) is 5.75 Å². The van der Waals surface area contributed by atoms with Crippen molar-refractivity contribution in [2.75, 3.05) is 26.0 Å². The van der Waals surface area contributed by atoms with E-state index in [1.807, 2.05) is 0 Å². The van der Waals surface area contributed by atoms with Crippen molar-refractivity contribution < 1.29 is 23.1 Å². The van der Waals surface area contributed by atoms with Crippen LogP contribution in [0.1, 0.15) is 10.4 Å². The highest BCUT2D eigenvalue weighted by molar-refractivity contribution is 6.31. The topological polar surface area (TPSA) is 58.6 Å². The van der Waals surface area contributed by atoms with Gasteiger partial charge in [0.2, 0.25) is 5.91 Å². The number of methoxy groups -OCH3 is 1. The van der Waals surface area contributed by atoms with Gasteiger partial charge in [0.25, 0.3) is 5.91 Å². The lowest BCUT2D eigenvalue weighted by atomic mass is 10.2. The van der Waals surface area contributed by atoms with Crippen LogP contribution < -0.4 is 10.1 Å². The molecule has 0 saturated carbocycles. The van der Waals surface area contributed by atoms with Gasteiger partial charge in [0.05, 0.1) is 24.9 Å². The van der Waals surface area contributed by atoms with E-state index in [1.165, 1.54) is 20.2 Å². The van der Waals surface area contributed by atoms with Gasteiger partial charge in [-0.25, -0.2) is 8.78 Å². The number of nitrogens with zero attached hydrogens (tertiary/aromatic N) is 1. The SMILES string of the molecule is COc1ccc(Cl)cc1NC(=O)CN(C)C(=O)c1ccc(F)cc1F. The zero-order valence-electron chi connectivity index (χ0n) is 13.5. The van der Waals surface area contributed by atoms with Crippen LogP contribution in [0.15, 0.2) is 36.4 Å². The average molecular weight is 369 g/mol. The van der Waals surface area contributed by atoms with E-state index < -0.39 is 23.4 Å². The Labute approximate surface area is 148 Å². The van der Waals surface area contributed by atoms with E-state index in [4.69, 9.17) is 16.3 Å². The van der Waals surface area contributed by atoms with Gasteiger partial charge in [-0.3, -0.25) is 9.59 Å². The third kappa shape index (κ3) is 4.67. The Kier molecular flexibility index (Phi) is 5.93. The van der Waals surface area contributed by atoms with Crippen LogP contribution in [0.3, 0.4) is 0 Å². The predicted molar refractivity (Wildman–Crippen MR) is 90.0 cm³/mol. The van der Waals surface area contributed by atoms with Crippen LogP contribution in [0.2, 0.25) is 5.02 Å². The van der Waals surface area contributed by atoms with Gasteiger partial charge in [-0.1, -0.05) is 11.6 Å². The van der Waals surface area contributed by atoms with E-state index in [2.05, 4.69) is 5.32 Å². The lowest BCUT2D eigenvalue weighted by Gasteiger charge is -2.18. The lowest BCUT2D eigenvalue weighted by molar-refractivity contribution is -0.116. The molecule has 5 nitrogen and oxygen atoms in total. The fourth-order valence-electron chi connectivity index (χ4n) is 2.12. The Balaban J connectivity index is 2.07. The summed E-state index contributed by atoms with van der Waals surface area (Å²) in [6, 6.07) is 7.30. The van der Waals surface area contributed by atoms with Crippen molar-refractivity contribution in [1.82, 2.24) is 4.90 Å². The molecule has 0 aliphatic carbocycles. The van der Waals surface area contributed by atoms with E-state index >= 15 is 0 Å². The molecule has 0 bridgehead atoms. The molecule has 0 fully saturated rings. The molecule has 0 aromatic heterocycles. The van der Waals surface area contributed by atoms with Crippen LogP contribution in [-0.4, -0.2) is 37.4 Å². The molecular weight excluding hydrogens is 354 g/mol. The van der Waals surface area contributed by atoms with Gasteiger partial charge >= 0.3 is 0 Å². The number of hydrogen-bond acceptors (Lipinski definition) is 3. The van der Waals surface area contributed by atoms with E-state index in [1.54, 1.807) is 12.1 Å². The molecule has 2 rings (SSSR count). The van der Waals surface area contributed by atoms with Crippen molar-refractivity contribution >= 4 is 29.1 Å². The lowest BCUT2D eigenvalue weighted by Crippen LogP contribution is -2.35. The van der Waals surface area contributed by atoms with E-state index in [-0.39, 0.29) is 12.1 Å². The molecule has 0 aliphatic rings. The maximum Gasteiger partial charge on any atom is 0.257 e. The molecule has 2 aromatic rings. The number of hydrogen-bond donors (Lipinski definition) is 1. The van der Waals surface area contributed by atoms with Crippen molar-refractivity contribution in [3.8, 4) is 5.75 Å². The van der Waals surface area contributed by atoms with Gasteiger partial charge in [-0.05, 0) is 30.3 Å². The molecule has 8 heteroatoms. The number of halogens is 3. The van der Waals surface area contributed by atoms with Gasteiger partial charge in [-0.2, -0.15) is 0 Å². The summed E-state index contributed by atoms with van der Waals surface area (Å²) in [6.07, 6.45) is 0. The van der Waals surface area contributed by atoms with Gasteiger partial charge in [-0.15, -0.1) is 0 Å². The summed E-state index contributed by atoms with van der Waals surface area (Å²) in [4.78, 5) is 25.3. The smallest absolute Gasteiger partial charge is 0.257 e. The summed E-state index contributed by atoms with van der Waals surface area (Å²) in [6.45, 7) is -0.342. The molecule has 2 aromatic carbocycles. The van der Waals surface area contributed by atoms with Crippen molar-refractivity contribution in [2.45, 2.75) is 0 Å². The quantitative estimate of drug-likeness (QED) is 0.880. The number of rotatable bonds is 5. The standard InChI is InChI=1S/C17H15ClF2N2O3/c1-22(17(24)12-5-4-11(19)8-13(12)20)9-16(23)21-14-7-10(18)3-6-15(14)25-2/h3-8H,9H2,1-2H3,(H,21,23). The number of ether oxygens (including phenoxy) is 1. The highest BCUT2D eigenvalue weighted by Gasteiger charge is 2.19. The normalized spacial score (nSPS) is 10.3. The third-order valence-corrected chi connectivity index (χ3v) is 3.56. The Hall–Kier alpha value is -2.67. The van der Waals surface area contributed by atoms with Gasteiger partial charge in [0, 0.05) is 18.1 Å². The first-order valence-corrected chi connectivity index (χ1v) is 7.53. The fourth-order valence-corrected chi connectivity index (χ4v) is 2.30.